The minimum absolute atomic E-state index is 0.161. The van der Waals surface area contributed by atoms with Gasteiger partial charge in [-0.3, -0.25) is 4.84 Å². The summed E-state index contributed by atoms with van der Waals surface area (Å²) in [6.45, 7) is 1.78. The third-order valence-electron chi connectivity index (χ3n) is 2.21. The second kappa shape index (κ2) is 4.50. The monoisotopic (exact) mass is 199 g/mol. The molecule has 2 N–H and O–H groups in total. The van der Waals surface area contributed by atoms with Crippen LogP contribution in [0.5, 0.6) is 0 Å². The maximum Gasteiger partial charge on any atom is 0.254 e. The molecule has 1 aliphatic heterocycles. The van der Waals surface area contributed by atoms with Crippen LogP contribution in [0.2, 0.25) is 0 Å². The number of nitrogens with two attached hydrogens (primary N) is 1. The molecule has 0 bridgehead atoms. The number of ether oxygens (including phenoxy) is 1. The van der Waals surface area contributed by atoms with Crippen molar-refractivity contribution in [2.75, 3.05) is 13.2 Å². The van der Waals surface area contributed by atoms with Crippen LogP contribution < -0.4 is 5.90 Å². The fraction of sp³-hybridized carbons (Fsp3) is 0.750. The van der Waals surface area contributed by atoms with Gasteiger partial charge in [0.2, 0.25) is 0 Å². The van der Waals surface area contributed by atoms with Crippen LogP contribution in [0.15, 0.2) is 4.52 Å². The molecule has 1 aromatic heterocycles. The summed E-state index contributed by atoms with van der Waals surface area (Å²) in [7, 11) is 0. The largest absolute Gasteiger partial charge is 0.381 e. The molecule has 0 amide bonds. The molecule has 0 radical (unpaired) electrons. The van der Waals surface area contributed by atoms with Crippen LogP contribution >= 0.6 is 0 Å². The van der Waals surface area contributed by atoms with Gasteiger partial charge in [0.1, 0.15) is 6.61 Å². The Morgan fingerprint density at radius 2 is 2.50 bits per heavy atom. The SMILES string of the molecule is NOCc1nc(CC2CCOC2)no1. The van der Waals surface area contributed by atoms with E-state index in [1.165, 1.54) is 0 Å². The fourth-order valence-electron chi connectivity index (χ4n) is 1.51. The Hall–Kier alpha value is -0.980. The zero-order valence-electron chi connectivity index (χ0n) is 7.81. The summed E-state index contributed by atoms with van der Waals surface area (Å²) in [5.74, 6) is 6.52. The zero-order valence-corrected chi connectivity index (χ0v) is 7.81. The number of aromatic nitrogens is 2. The number of hydrogen-bond donors (Lipinski definition) is 1. The Bertz CT molecular complexity index is 283. The van der Waals surface area contributed by atoms with E-state index in [0.29, 0.717) is 17.6 Å². The number of hydrogen-bond acceptors (Lipinski definition) is 6. The average Bonchev–Trinajstić information content (AvgIpc) is 2.79. The Labute approximate surface area is 81.3 Å². The first-order valence-electron chi connectivity index (χ1n) is 4.59. The van der Waals surface area contributed by atoms with Gasteiger partial charge in [0.15, 0.2) is 5.82 Å². The highest BCUT2D eigenvalue weighted by molar-refractivity contribution is 4.88. The third kappa shape index (κ3) is 2.28. The summed E-state index contributed by atoms with van der Waals surface area (Å²) >= 11 is 0. The van der Waals surface area contributed by atoms with Crippen LogP contribution in [-0.4, -0.2) is 23.4 Å². The topological polar surface area (TPSA) is 83.4 Å². The van der Waals surface area contributed by atoms with E-state index >= 15 is 0 Å². The van der Waals surface area contributed by atoms with Crippen molar-refractivity contribution >= 4 is 0 Å². The molecule has 1 aliphatic rings. The van der Waals surface area contributed by atoms with Gasteiger partial charge in [0.05, 0.1) is 0 Å². The summed E-state index contributed by atoms with van der Waals surface area (Å²) in [5.41, 5.74) is 0. The fourth-order valence-corrected chi connectivity index (χ4v) is 1.51. The van der Waals surface area contributed by atoms with Crippen LogP contribution in [0.4, 0.5) is 0 Å². The molecule has 0 aliphatic carbocycles. The molecule has 78 valence electrons. The quantitative estimate of drug-likeness (QED) is 0.689. The van der Waals surface area contributed by atoms with Gasteiger partial charge in [-0.15, -0.1) is 0 Å². The Kier molecular flexibility index (Phi) is 3.07. The maximum atomic E-state index is 5.25. The molecular weight excluding hydrogens is 186 g/mol. The lowest BCUT2D eigenvalue weighted by Gasteiger charge is -2.00. The van der Waals surface area contributed by atoms with Gasteiger partial charge in [0, 0.05) is 19.6 Å². The van der Waals surface area contributed by atoms with Gasteiger partial charge in [-0.25, -0.2) is 5.90 Å². The molecule has 6 heteroatoms. The smallest absolute Gasteiger partial charge is 0.254 e. The summed E-state index contributed by atoms with van der Waals surface area (Å²) in [4.78, 5) is 8.52. The third-order valence-corrected chi connectivity index (χ3v) is 2.21. The predicted octanol–water partition coefficient (Wildman–Crippen LogP) is 0.0389. The van der Waals surface area contributed by atoms with Gasteiger partial charge in [-0.1, -0.05) is 5.16 Å². The van der Waals surface area contributed by atoms with Crippen molar-refractivity contribution in [1.82, 2.24) is 10.1 Å². The van der Waals surface area contributed by atoms with Crippen molar-refractivity contribution in [3.8, 4) is 0 Å². The number of rotatable bonds is 4. The Morgan fingerprint density at radius 1 is 1.57 bits per heavy atom. The first-order chi connectivity index (χ1) is 6.88. The molecule has 1 unspecified atom stereocenters. The molecule has 2 heterocycles. The first kappa shape index (κ1) is 9.57. The minimum Gasteiger partial charge on any atom is -0.381 e. The van der Waals surface area contributed by atoms with E-state index in [0.717, 1.165) is 26.1 Å². The molecule has 6 nitrogen and oxygen atoms in total. The van der Waals surface area contributed by atoms with Crippen molar-refractivity contribution < 1.29 is 14.1 Å². The van der Waals surface area contributed by atoms with Crippen LogP contribution in [0.25, 0.3) is 0 Å². The Morgan fingerprint density at radius 3 is 3.21 bits per heavy atom. The normalized spacial score (nSPS) is 21.6. The molecule has 1 atom stereocenters. The summed E-state index contributed by atoms with van der Waals surface area (Å²) in [5, 5.41) is 3.82. The van der Waals surface area contributed by atoms with Crippen LogP contribution in [0.3, 0.4) is 0 Å². The molecule has 0 saturated carbocycles. The van der Waals surface area contributed by atoms with Crippen molar-refractivity contribution in [2.45, 2.75) is 19.4 Å². The van der Waals surface area contributed by atoms with Crippen LogP contribution in [0.1, 0.15) is 18.1 Å². The molecule has 1 aromatic rings. The average molecular weight is 199 g/mol. The van der Waals surface area contributed by atoms with E-state index in [1.807, 2.05) is 0 Å². The summed E-state index contributed by atoms with van der Waals surface area (Å²) in [6, 6.07) is 0. The van der Waals surface area contributed by atoms with Crippen LogP contribution in [-0.2, 0) is 22.6 Å². The summed E-state index contributed by atoms with van der Waals surface area (Å²) in [6.07, 6.45) is 1.87. The standard InChI is InChI=1S/C8H13N3O3/c9-13-5-8-10-7(11-14-8)3-6-1-2-12-4-6/h6H,1-5,9H2. The van der Waals surface area contributed by atoms with E-state index in [1.54, 1.807) is 0 Å². The maximum absolute atomic E-state index is 5.25. The van der Waals surface area contributed by atoms with Gasteiger partial charge in [-0.2, -0.15) is 4.98 Å². The molecule has 0 aromatic carbocycles. The van der Waals surface area contributed by atoms with Crippen molar-refractivity contribution in [3.63, 3.8) is 0 Å². The molecule has 1 saturated heterocycles. The zero-order chi connectivity index (χ0) is 9.80. The van der Waals surface area contributed by atoms with Crippen molar-refractivity contribution in [2.24, 2.45) is 11.8 Å². The van der Waals surface area contributed by atoms with Gasteiger partial charge < -0.3 is 9.26 Å². The van der Waals surface area contributed by atoms with Gasteiger partial charge in [-0.05, 0) is 12.3 Å². The number of nitrogens with zero attached hydrogens (tertiary/aromatic N) is 2. The lowest BCUT2D eigenvalue weighted by molar-refractivity contribution is 0.0995. The first-order valence-corrected chi connectivity index (χ1v) is 4.59. The van der Waals surface area contributed by atoms with E-state index in [4.69, 9.17) is 15.2 Å². The van der Waals surface area contributed by atoms with E-state index in [-0.39, 0.29) is 6.61 Å². The summed E-state index contributed by atoms with van der Waals surface area (Å²) < 4.78 is 10.2. The highest BCUT2D eigenvalue weighted by Crippen LogP contribution is 2.16. The van der Waals surface area contributed by atoms with Crippen molar-refractivity contribution in [1.29, 1.82) is 0 Å². The second-order valence-electron chi connectivity index (χ2n) is 3.35. The highest BCUT2D eigenvalue weighted by Gasteiger charge is 2.18. The highest BCUT2D eigenvalue weighted by atomic mass is 16.6. The lowest BCUT2D eigenvalue weighted by Crippen LogP contribution is -2.05. The molecule has 14 heavy (non-hydrogen) atoms. The van der Waals surface area contributed by atoms with E-state index in [2.05, 4.69) is 15.0 Å². The molecule has 2 rings (SSSR count). The molecule has 1 fully saturated rings. The Balaban J connectivity index is 1.88. The van der Waals surface area contributed by atoms with Crippen LogP contribution in [0, 0.1) is 5.92 Å². The molecular formula is C8H13N3O3. The van der Waals surface area contributed by atoms with E-state index in [9.17, 15) is 0 Å². The van der Waals surface area contributed by atoms with E-state index < -0.39 is 0 Å². The van der Waals surface area contributed by atoms with Gasteiger partial charge >= 0.3 is 0 Å². The van der Waals surface area contributed by atoms with Gasteiger partial charge in [0.25, 0.3) is 5.89 Å². The lowest BCUT2D eigenvalue weighted by atomic mass is 10.1. The van der Waals surface area contributed by atoms with Crippen molar-refractivity contribution in [3.05, 3.63) is 11.7 Å². The predicted molar refractivity (Wildman–Crippen MR) is 45.9 cm³/mol. The second-order valence-corrected chi connectivity index (χ2v) is 3.35. The minimum atomic E-state index is 0.161. The molecule has 0 spiro atoms.